The van der Waals surface area contributed by atoms with Gasteiger partial charge in [0.15, 0.2) is 18.0 Å². The Labute approximate surface area is 246 Å². The lowest BCUT2D eigenvalue weighted by Gasteiger charge is -2.59. The molecule has 1 N–H and O–H groups in total. The van der Waals surface area contributed by atoms with Crippen molar-refractivity contribution in [2.24, 2.45) is 28.6 Å². The third kappa shape index (κ3) is 4.98. The molecule has 1 aliphatic heterocycles. The predicted octanol–water partition coefficient (Wildman–Crippen LogP) is 3.79. The Kier molecular flexibility index (Phi) is 8.13. The number of esters is 2. The van der Waals surface area contributed by atoms with Crippen LogP contribution < -0.4 is 0 Å². The number of ketones is 2. The molecular formula is C32H43NO9. The Morgan fingerprint density at radius 2 is 1.71 bits per heavy atom. The molecule has 1 amide bonds. The van der Waals surface area contributed by atoms with Gasteiger partial charge in [-0.15, -0.1) is 0 Å². The fraction of sp³-hybridized carbons (Fsp3) is 0.750. The predicted molar refractivity (Wildman–Crippen MR) is 149 cm³/mol. The van der Waals surface area contributed by atoms with Crippen molar-refractivity contribution < 1.29 is 43.3 Å². The molecule has 0 spiro atoms. The fourth-order valence-corrected chi connectivity index (χ4v) is 9.49. The van der Waals surface area contributed by atoms with Crippen LogP contribution in [0.3, 0.4) is 0 Å². The van der Waals surface area contributed by atoms with E-state index in [9.17, 15) is 33.9 Å². The fourth-order valence-electron chi connectivity index (χ4n) is 9.49. The number of likely N-dealkylation sites (tertiary alicyclic amines) is 1. The molecule has 1 saturated heterocycles. The molecule has 4 fully saturated rings. The third-order valence-corrected chi connectivity index (χ3v) is 11.6. The number of nitrogens with zero attached hydrogens (tertiary/aromatic N) is 1. The molecular weight excluding hydrogens is 542 g/mol. The summed E-state index contributed by atoms with van der Waals surface area (Å²) in [5.74, 6) is -2.08. The van der Waals surface area contributed by atoms with Crippen LogP contribution in [-0.2, 0) is 38.2 Å². The lowest BCUT2D eigenvalue weighted by molar-refractivity contribution is -0.191. The molecule has 3 saturated carbocycles. The van der Waals surface area contributed by atoms with Gasteiger partial charge in [0, 0.05) is 31.7 Å². The Hall–Kier alpha value is -3.04. The van der Waals surface area contributed by atoms with E-state index in [1.165, 1.54) is 17.4 Å². The number of hydrogen-bond acceptors (Lipinski definition) is 8. The van der Waals surface area contributed by atoms with Gasteiger partial charge in [0.25, 0.3) is 0 Å². The number of rotatable bonds is 8. The number of carboxylic acids is 1. The van der Waals surface area contributed by atoms with Crippen molar-refractivity contribution >= 4 is 35.4 Å². The molecule has 10 heteroatoms. The van der Waals surface area contributed by atoms with Gasteiger partial charge >= 0.3 is 17.9 Å². The normalized spacial score (nSPS) is 37.2. The molecule has 0 aromatic heterocycles. The lowest BCUT2D eigenvalue weighted by atomic mass is 9.46. The molecule has 4 aliphatic carbocycles. The standard InChI is InChI=1S/C32H43NO9/c1-19(34)42-32(26(36)18-41-28(38)9-8-27(37)33-16-4-5-25(33)29(39)40)15-12-24-22-7-6-20-17-21(35)10-13-30(20,2)23(22)11-14-31(24,32)3/h17,22-25H,4-16,18H2,1-3H3,(H,39,40)/t22-,23+,24+,25-,30+,31+,32+/m1/s1. The largest absolute Gasteiger partial charge is 0.480 e. The van der Waals surface area contributed by atoms with Crippen LogP contribution in [0.4, 0.5) is 0 Å². The summed E-state index contributed by atoms with van der Waals surface area (Å²) in [5.41, 5.74) is -0.767. The Balaban J connectivity index is 1.26. The van der Waals surface area contributed by atoms with Crippen molar-refractivity contribution in [1.82, 2.24) is 4.90 Å². The Bertz CT molecular complexity index is 1220. The second kappa shape index (κ2) is 11.2. The third-order valence-electron chi connectivity index (χ3n) is 11.6. The topological polar surface area (TPSA) is 144 Å². The monoisotopic (exact) mass is 585 g/mol. The van der Waals surface area contributed by atoms with Gasteiger partial charge < -0.3 is 19.5 Å². The first kappa shape index (κ1) is 30.4. The Morgan fingerprint density at radius 1 is 0.976 bits per heavy atom. The highest BCUT2D eigenvalue weighted by atomic mass is 16.6. The maximum Gasteiger partial charge on any atom is 0.326 e. The first-order chi connectivity index (χ1) is 19.8. The second-order valence-corrected chi connectivity index (χ2v) is 13.6. The highest BCUT2D eigenvalue weighted by molar-refractivity contribution is 5.94. The number of carboxylic acid groups (broad SMARTS) is 1. The van der Waals surface area contributed by atoms with E-state index in [1.54, 1.807) is 0 Å². The maximum atomic E-state index is 13.9. The van der Waals surface area contributed by atoms with Crippen LogP contribution >= 0.6 is 0 Å². The molecule has 1 heterocycles. The van der Waals surface area contributed by atoms with Gasteiger partial charge in [-0.3, -0.25) is 24.0 Å². The minimum absolute atomic E-state index is 0.0264. The molecule has 230 valence electrons. The van der Waals surface area contributed by atoms with Crippen LogP contribution in [0.2, 0.25) is 0 Å². The van der Waals surface area contributed by atoms with E-state index < -0.39 is 53.3 Å². The molecule has 7 atom stereocenters. The van der Waals surface area contributed by atoms with Gasteiger partial charge in [-0.2, -0.15) is 0 Å². The van der Waals surface area contributed by atoms with Gasteiger partial charge in [0.1, 0.15) is 6.04 Å². The van der Waals surface area contributed by atoms with E-state index in [1.807, 2.05) is 6.08 Å². The summed E-state index contributed by atoms with van der Waals surface area (Å²) >= 11 is 0. The van der Waals surface area contributed by atoms with Crippen LogP contribution in [0.25, 0.3) is 0 Å². The molecule has 0 aromatic rings. The zero-order chi connectivity index (χ0) is 30.4. The highest BCUT2D eigenvalue weighted by Gasteiger charge is 2.68. The average Bonchev–Trinajstić information content (AvgIpc) is 3.54. The van der Waals surface area contributed by atoms with Crippen molar-refractivity contribution in [1.29, 1.82) is 0 Å². The van der Waals surface area contributed by atoms with Crippen molar-refractivity contribution in [2.45, 2.75) is 109 Å². The van der Waals surface area contributed by atoms with E-state index in [2.05, 4.69) is 13.8 Å². The van der Waals surface area contributed by atoms with Crippen LogP contribution in [0.5, 0.6) is 0 Å². The minimum atomic E-state index is -1.39. The van der Waals surface area contributed by atoms with E-state index in [-0.39, 0.29) is 30.0 Å². The number of amides is 1. The number of fused-ring (bicyclic) bond motifs is 5. The average molecular weight is 586 g/mol. The second-order valence-electron chi connectivity index (χ2n) is 13.6. The lowest BCUT2D eigenvalue weighted by Crippen LogP contribution is -2.59. The SMILES string of the molecule is CC(=O)O[C@]1(C(=O)COC(=O)CCC(=O)N2CCC[C@@H]2C(=O)O)CC[C@H]2[C@@H]3CCC4=CC(=O)CC[C@]4(C)[C@H]3CC[C@@]21C. The number of carbonyl (C=O) groups excluding carboxylic acids is 5. The Morgan fingerprint density at radius 3 is 2.43 bits per heavy atom. The smallest absolute Gasteiger partial charge is 0.326 e. The summed E-state index contributed by atoms with van der Waals surface area (Å²) in [7, 11) is 0. The van der Waals surface area contributed by atoms with Gasteiger partial charge in [-0.25, -0.2) is 4.79 Å². The number of allylic oxidation sites excluding steroid dienone is 1. The van der Waals surface area contributed by atoms with Crippen molar-refractivity contribution in [3.05, 3.63) is 11.6 Å². The van der Waals surface area contributed by atoms with Crippen molar-refractivity contribution in [2.75, 3.05) is 13.2 Å². The number of aliphatic carboxylic acids is 1. The number of carbonyl (C=O) groups is 6. The first-order valence-electron chi connectivity index (χ1n) is 15.5. The summed E-state index contributed by atoms with van der Waals surface area (Å²) in [6, 6.07) is -0.875. The molecule has 0 bridgehead atoms. The van der Waals surface area contributed by atoms with Crippen LogP contribution in [0, 0.1) is 28.6 Å². The van der Waals surface area contributed by atoms with E-state index in [0.29, 0.717) is 50.5 Å². The maximum absolute atomic E-state index is 13.9. The number of hydrogen-bond donors (Lipinski definition) is 1. The molecule has 0 unspecified atom stereocenters. The highest BCUT2D eigenvalue weighted by Crippen LogP contribution is 2.68. The summed E-state index contributed by atoms with van der Waals surface area (Å²) in [6.07, 6.45) is 8.26. The molecule has 10 nitrogen and oxygen atoms in total. The van der Waals surface area contributed by atoms with Crippen LogP contribution in [0.15, 0.2) is 11.6 Å². The first-order valence-corrected chi connectivity index (χ1v) is 15.5. The number of Topliss-reactive ketones (excluding diaryl/α,β-unsaturated/α-hetero) is 1. The van der Waals surface area contributed by atoms with E-state index >= 15 is 0 Å². The van der Waals surface area contributed by atoms with Crippen LogP contribution in [0.1, 0.15) is 97.8 Å². The molecule has 0 aromatic carbocycles. The molecule has 5 rings (SSSR count). The number of ether oxygens (including phenoxy) is 2. The molecule has 42 heavy (non-hydrogen) atoms. The van der Waals surface area contributed by atoms with Crippen LogP contribution in [-0.4, -0.2) is 70.2 Å². The quantitative estimate of drug-likeness (QED) is 0.421. The molecule has 5 aliphatic rings. The van der Waals surface area contributed by atoms with Gasteiger partial charge in [-0.05, 0) is 87.0 Å². The summed E-state index contributed by atoms with van der Waals surface area (Å²) in [5, 5.41) is 9.31. The summed E-state index contributed by atoms with van der Waals surface area (Å²) in [4.78, 5) is 76.2. The van der Waals surface area contributed by atoms with E-state index in [4.69, 9.17) is 9.47 Å². The summed E-state index contributed by atoms with van der Waals surface area (Å²) < 4.78 is 11.3. The van der Waals surface area contributed by atoms with Crippen molar-refractivity contribution in [3.63, 3.8) is 0 Å². The molecule has 0 radical (unpaired) electrons. The van der Waals surface area contributed by atoms with E-state index in [0.717, 1.165) is 32.1 Å². The zero-order valence-electron chi connectivity index (χ0n) is 24.9. The van der Waals surface area contributed by atoms with Crippen molar-refractivity contribution in [3.8, 4) is 0 Å². The van der Waals surface area contributed by atoms with Gasteiger partial charge in [-0.1, -0.05) is 19.4 Å². The summed E-state index contributed by atoms with van der Waals surface area (Å²) in [6.45, 7) is 5.43. The zero-order valence-corrected chi connectivity index (χ0v) is 24.9. The minimum Gasteiger partial charge on any atom is -0.480 e. The van der Waals surface area contributed by atoms with Gasteiger partial charge in [0.2, 0.25) is 11.7 Å². The van der Waals surface area contributed by atoms with Gasteiger partial charge in [0.05, 0.1) is 6.42 Å².